The number of amides is 2. The highest BCUT2D eigenvalue weighted by Crippen LogP contribution is 2.41. The van der Waals surface area contributed by atoms with E-state index in [0.717, 1.165) is 24.1 Å². The van der Waals surface area contributed by atoms with Crippen molar-refractivity contribution >= 4 is 35.2 Å². The van der Waals surface area contributed by atoms with Crippen LogP contribution in [0.2, 0.25) is 0 Å². The number of para-hydroxylation sites is 1. The molecule has 1 saturated heterocycles. The molecule has 3 heterocycles. The lowest BCUT2D eigenvalue weighted by Gasteiger charge is -2.30. The molecule has 2 amide bonds. The minimum absolute atomic E-state index is 0.241. The summed E-state index contributed by atoms with van der Waals surface area (Å²) in [6.45, 7) is 1.68. The van der Waals surface area contributed by atoms with Crippen LogP contribution in [0.1, 0.15) is 30.0 Å². The summed E-state index contributed by atoms with van der Waals surface area (Å²) in [6, 6.07) is 10.5. The standard InChI is InChI=1S/C21H22N2O5S/c1-14(24)23-17(13-29-20(23)18-9-5-11-27-18)21(26)28-12-19(25)22-10-4-7-15-6-2-3-8-16(15)22/h2-3,5-6,8-9,11,17,20H,4,7,10,12-13H2,1H3/t17-,20-/m1/s1. The number of hydrogen-bond donors (Lipinski definition) is 0. The number of carbonyl (C=O) groups is 3. The van der Waals surface area contributed by atoms with Crippen molar-refractivity contribution in [3.8, 4) is 0 Å². The number of hydrogen-bond acceptors (Lipinski definition) is 6. The van der Waals surface area contributed by atoms with Gasteiger partial charge in [-0.15, -0.1) is 11.8 Å². The molecule has 2 atom stereocenters. The first kappa shape index (κ1) is 19.6. The molecule has 0 radical (unpaired) electrons. The maximum Gasteiger partial charge on any atom is 0.330 e. The number of rotatable bonds is 4. The predicted octanol–water partition coefficient (Wildman–Crippen LogP) is 2.76. The molecule has 1 aromatic carbocycles. The maximum atomic E-state index is 12.7. The minimum atomic E-state index is -0.742. The monoisotopic (exact) mass is 414 g/mol. The fourth-order valence-corrected chi connectivity index (χ4v) is 5.24. The van der Waals surface area contributed by atoms with Gasteiger partial charge in [0.25, 0.3) is 5.91 Å². The number of carbonyl (C=O) groups excluding carboxylic acids is 3. The van der Waals surface area contributed by atoms with Crippen LogP contribution >= 0.6 is 11.8 Å². The van der Waals surface area contributed by atoms with Gasteiger partial charge in [0.1, 0.15) is 17.2 Å². The zero-order valence-electron chi connectivity index (χ0n) is 16.1. The molecule has 0 unspecified atom stereocenters. The molecule has 29 heavy (non-hydrogen) atoms. The van der Waals surface area contributed by atoms with E-state index in [1.54, 1.807) is 17.0 Å². The molecular formula is C21H22N2O5S. The van der Waals surface area contributed by atoms with Crippen LogP contribution < -0.4 is 4.90 Å². The number of ether oxygens (including phenoxy) is 1. The summed E-state index contributed by atoms with van der Waals surface area (Å²) in [4.78, 5) is 40.7. The van der Waals surface area contributed by atoms with Crippen LogP contribution in [0.15, 0.2) is 47.1 Å². The SMILES string of the molecule is CC(=O)N1[C@@H](C(=O)OCC(=O)N2CCCc3ccccc32)CS[C@@H]1c1ccco1. The van der Waals surface area contributed by atoms with Gasteiger partial charge in [0, 0.05) is 24.9 Å². The summed E-state index contributed by atoms with van der Waals surface area (Å²) in [6.07, 6.45) is 3.34. The molecule has 0 spiro atoms. The quantitative estimate of drug-likeness (QED) is 0.716. The van der Waals surface area contributed by atoms with Gasteiger partial charge >= 0.3 is 5.97 Å². The van der Waals surface area contributed by atoms with Crippen LogP contribution in [0.5, 0.6) is 0 Å². The fourth-order valence-electron chi connectivity index (χ4n) is 3.82. The van der Waals surface area contributed by atoms with Gasteiger partial charge < -0.3 is 19.0 Å². The topological polar surface area (TPSA) is 80.1 Å². The van der Waals surface area contributed by atoms with E-state index in [0.29, 0.717) is 18.1 Å². The summed E-state index contributed by atoms with van der Waals surface area (Å²) in [5.74, 6) is -0.0607. The van der Waals surface area contributed by atoms with Gasteiger partial charge in [-0.05, 0) is 36.6 Å². The minimum Gasteiger partial charge on any atom is -0.466 e. The number of fused-ring (bicyclic) bond motifs is 1. The normalized spacial score (nSPS) is 21.0. The fraction of sp³-hybridized carbons (Fsp3) is 0.381. The first-order valence-corrected chi connectivity index (χ1v) is 10.6. The van der Waals surface area contributed by atoms with E-state index < -0.39 is 12.0 Å². The van der Waals surface area contributed by atoms with Crippen LogP contribution in [-0.4, -0.2) is 47.6 Å². The van der Waals surface area contributed by atoms with Crippen molar-refractivity contribution in [2.24, 2.45) is 0 Å². The van der Waals surface area contributed by atoms with Gasteiger partial charge in [-0.2, -0.15) is 0 Å². The number of furan rings is 1. The second-order valence-corrected chi connectivity index (χ2v) is 8.14. The van der Waals surface area contributed by atoms with E-state index >= 15 is 0 Å². The van der Waals surface area contributed by atoms with Crippen molar-refractivity contribution in [1.29, 1.82) is 0 Å². The Balaban J connectivity index is 1.41. The third kappa shape index (κ3) is 3.89. The summed E-state index contributed by atoms with van der Waals surface area (Å²) in [7, 11) is 0. The first-order valence-electron chi connectivity index (χ1n) is 9.55. The molecule has 7 nitrogen and oxygen atoms in total. The second kappa shape index (κ2) is 8.32. The highest BCUT2D eigenvalue weighted by atomic mass is 32.2. The first-order chi connectivity index (χ1) is 14.1. The third-order valence-electron chi connectivity index (χ3n) is 5.17. The van der Waals surface area contributed by atoms with E-state index in [1.165, 1.54) is 29.8 Å². The molecular weight excluding hydrogens is 392 g/mol. The third-order valence-corrected chi connectivity index (χ3v) is 6.46. The van der Waals surface area contributed by atoms with E-state index in [2.05, 4.69) is 0 Å². The Morgan fingerprint density at radius 1 is 1.21 bits per heavy atom. The number of esters is 1. The van der Waals surface area contributed by atoms with Crippen LogP contribution in [0, 0.1) is 0 Å². The van der Waals surface area contributed by atoms with Crippen molar-refractivity contribution < 1.29 is 23.5 Å². The van der Waals surface area contributed by atoms with Crippen molar-refractivity contribution in [1.82, 2.24) is 4.90 Å². The summed E-state index contributed by atoms with van der Waals surface area (Å²) < 4.78 is 10.7. The molecule has 1 aromatic heterocycles. The highest BCUT2D eigenvalue weighted by Gasteiger charge is 2.43. The van der Waals surface area contributed by atoms with Gasteiger partial charge in [0.05, 0.1) is 6.26 Å². The Morgan fingerprint density at radius 3 is 2.79 bits per heavy atom. The van der Waals surface area contributed by atoms with Crippen molar-refractivity contribution in [3.63, 3.8) is 0 Å². The van der Waals surface area contributed by atoms with E-state index in [9.17, 15) is 14.4 Å². The Kier molecular flexibility index (Phi) is 5.62. The summed E-state index contributed by atoms with van der Waals surface area (Å²) >= 11 is 1.44. The lowest BCUT2D eigenvalue weighted by molar-refractivity contribution is -0.155. The van der Waals surface area contributed by atoms with Crippen LogP contribution in [0.3, 0.4) is 0 Å². The lowest BCUT2D eigenvalue weighted by atomic mass is 10.0. The van der Waals surface area contributed by atoms with E-state index in [4.69, 9.17) is 9.15 Å². The zero-order chi connectivity index (χ0) is 20.4. The molecule has 1 fully saturated rings. The number of anilines is 1. The molecule has 2 aliphatic heterocycles. The number of aryl methyl sites for hydroxylation is 1. The van der Waals surface area contributed by atoms with E-state index in [1.807, 2.05) is 24.3 Å². The van der Waals surface area contributed by atoms with E-state index in [-0.39, 0.29) is 23.8 Å². The predicted molar refractivity (Wildman–Crippen MR) is 108 cm³/mol. The van der Waals surface area contributed by atoms with Gasteiger partial charge in [0.15, 0.2) is 6.61 Å². The van der Waals surface area contributed by atoms with Gasteiger partial charge in [-0.25, -0.2) is 4.79 Å². The number of benzene rings is 1. The largest absolute Gasteiger partial charge is 0.466 e. The molecule has 0 aliphatic carbocycles. The lowest BCUT2D eigenvalue weighted by Crippen LogP contribution is -2.44. The molecule has 2 aliphatic rings. The highest BCUT2D eigenvalue weighted by molar-refractivity contribution is 7.99. The maximum absolute atomic E-state index is 12.7. The number of thioether (sulfide) groups is 1. The van der Waals surface area contributed by atoms with Crippen molar-refractivity contribution in [2.45, 2.75) is 31.2 Å². The Morgan fingerprint density at radius 2 is 2.03 bits per heavy atom. The molecule has 8 heteroatoms. The van der Waals surface area contributed by atoms with Crippen molar-refractivity contribution in [3.05, 3.63) is 54.0 Å². The summed E-state index contributed by atoms with van der Waals surface area (Å²) in [5.41, 5.74) is 1.99. The molecule has 0 N–H and O–H groups in total. The van der Waals surface area contributed by atoms with Gasteiger partial charge in [-0.3, -0.25) is 9.59 Å². The number of nitrogens with zero attached hydrogens (tertiary/aromatic N) is 2. The van der Waals surface area contributed by atoms with Crippen LogP contribution in [0.25, 0.3) is 0 Å². The van der Waals surface area contributed by atoms with Gasteiger partial charge in [-0.1, -0.05) is 18.2 Å². The van der Waals surface area contributed by atoms with Crippen LogP contribution in [0.4, 0.5) is 5.69 Å². The molecule has 0 bridgehead atoms. The Bertz CT molecular complexity index is 914. The second-order valence-electron chi connectivity index (χ2n) is 7.03. The molecule has 0 saturated carbocycles. The molecule has 152 valence electrons. The average molecular weight is 414 g/mol. The average Bonchev–Trinajstić information content (AvgIpc) is 3.40. The summed E-state index contributed by atoms with van der Waals surface area (Å²) in [5, 5.41) is -0.371. The Labute approximate surface area is 173 Å². The zero-order valence-corrected chi connectivity index (χ0v) is 16.9. The Hall–Kier alpha value is -2.74. The van der Waals surface area contributed by atoms with Gasteiger partial charge in [0.2, 0.25) is 5.91 Å². The molecule has 4 rings (SSSR count). The van der Waals surface area contributed by atoms with Crippen molar-refractivity contribution in [2.75, 3.05) is 23.8 Å². The molecule has 2 aromatic rings. The van der Waals surface area contributed by atoms with Crippen LogP contribution in [-0.2, 0) is 25.5 Å². The smallest absolute Gasteiger partial charge is 0.330 e.